The molecule has 0 aliphatic carbocycles. The number of β-amino-alcohol motifs (C(OH)–C–C–N with tert-alkyl or cyclic N) is 1. The van der Waals surface area contributed by atoms with Crippen molar-refractivity contribution < 1.29 is 42.2 Å². The number of likely N-dealkylation sites (N-methyl/N-ethyl adjacent to an activating group) is 1. The molecular formula is C24H24F3N5O6. The molecular weight excluding hydrogens is 511 g/mol. The van der Waals surface area contributed by atoms with Gasteiger partial charge in [-0.05, 0) is 43.7 Å². The molecule has 5 amide bonds. The summed E-state index contributed by atoms with van der Waals surface area (Å²) in [6, 6.07) is 2.95. The zero-order chi connectivity index (χ0) is 27.9. The van der Waals surface area contributed by atoms with Crippen molar-refractivity contribution in [1.29, 1.82) is 0 Å². The van der Waals surface area contributed by atoms with Gasteiger partial charge in [-0.3, -0.25) is 19.3 Å². The molecule has 0 saturated carbocycles. The molecule has 4 N–H and O–H groups in total. The summed E-state index contributed by atoms with van der Waals surface area (Å²) in [6.07, 6.45) is -4.67. The summed E-state index contributed by atoms with van der Waals surface area (Å²) >= 11 is 0. The Bertz CT molecular complexity index is 1370. The number of fused-ring (bicyclic) bond motifs is 1. The van der Waals surface area contributed by atoms with E-state index in [0.29, 0.717) is 22.6 Å². The SMILES string of the molecule is Cc1[nH]c(/C=C2\C(=O)Nc3ccc(OC(F)(F)F)cc32)c(C)c1C(=O)NC[C@H](O)CN1C(=O)CN(C)C1=O. The van der Waals surface area contributed by atoms with E-state index in [2.05, 4.69) is 20.4 Å². The molecule has 1 aromatic heterocycles. The molecule has 2 aliphatic rings. The Morgan fingerprint density at radius 3 is 2.61 bits per heavy atom. The molecule has 3 heterocycles. The number of aromatic amines is 1. The lowest BCUT2D eigenvalue weighted by atomic mass is 10.0. The molecule has 0 bridgehead atoms. The highest BCUT2D eigenvalue weighted by Crippen LogP contribution is 2.37. The number of carbonyl (C=O) groups excluding carboxylic acids is 4. The molecule has 0 spiro atoms. The van der Waals surface area contributed by atoms with Crippen LogP contribution >= 0.6 is 0 Å². The van der Waals surface area contributed by atoms with Gasteiger partial charge in [0.2, 0.25) is 5.91 Å². The second-order valence-corrected chi connectivity index (χ2v) is 8.94. The number of ether oxygens (including phenoxy) is 1. The lowest BCUT2D eigenvalue weighted by molar-refractivity contribution is -0.274. The number of hydrogen-bond acceptors (Lipinski definition) is 6. The number of benzene rings is 1. The maximum atomic E-state index is 12.9. The fraction of sp³-hybridized carbons (Fsp3) is 0.333. The van der Waals surface area contributed by atoms with Gasteiger partial charge in [0, 0.05) is 36.2 Å². The van der Waals surface area contributed by atoms with Crippen molar-refractivity contribution in [3.05, 3.63) is 46.3 Å². The van der Waals surface area contributed by atoms with Crippen molar-refractivity contribution in [3.8, 4) is 5.75 Å². The van der Waals surface area contributed by atoms with Crippen LogP contribution in [0.1, 0.15) is 32.9 Å². The predicted molar refractivity (Wildman–Crippen MR) is 128 cm³/mol. The highest BCUT2D eigenvalue weighted by molar-refractivity contribution is 6.35. The summed E-state index contributed by atoms with van der Waals surface area (Å²) in [6.45, 7) is 2.64. The van der Waals surface area contributed by atoms with E-state index in [1.54, 1.807) is 13.8 Å². The van der Waals surface area contributed by atoms with Gasteiger partial charge in [-0.2, -0.15) is 0 Å². The number of halogens is 3. The fourth-order valence-electron chi connectivity index (χ4n) is 4.33. The van der Waals surface area contributed by atoms with Gasteiger partial charge >= 0.3 is 12.4 Å². The van der Waals surface area contributed by atoms with E-state index >= 15 is 0 Å². The van der Waals surface area contributed by atoms with Crippen molar-refractivity contribution in [2.45, 2.75) is 26.3 Å². The number of amides is 5. The normalized spacial score (nSPS) is 17.2. The van der Waals surface area contributed by atoms with Crippen molar-refractivity contribution in [2.75, 3.05) is 32.0 Å². The average molecular weight is 535 g/mol. The monoisotopic (exact) mass is 535 g/mol. The zero-order valence-electron chi connectivity index (χ0n) is 20.5. The van der Waals surface area contributed by atoms with Gasteiger partial charge in [0.05, 0.1) is 23.8 Å². The number of aryl methyl sites for hydroxylation is 1. The van der Waals surface area contributed by atoms with Gasteiger partial charge in [-0.15, -0.1) is 13.2 Å². The molecule has 1 aromatic carbocycles. The molecule has 202 valence electrons. The maximum Gasteiger partial charge on any atom is 0.573 e. The van der Waals surface area contributed by atoms with Crippen LogP contribution in [-0.4, -0.2) is 82.8 Å². The number of nitrogens with one attached hydrogen (secondary N) is 3. The number of imide groups is 1. The molecule has 4 rings (SSSR count). The smallest absolute Gasteiger partial charge is 0.406 e. The molecule has 11 nitrogen and oxygen atoms in total. The third-order valence-corrected chi connectivity index (χ3v) is 6.12. The minimum atomic E-state index is -4.90. The van der Waals surface area contributed by atoms with Crippen LogP contribution in [0, 0.1) is 13.8 Å². The molecule has 2 aromatic rings. The lowest BCUT2D eigenvalue weighted by Crippen LogP contribution is -2.43. The van der Waals surface area contributed by atoms with E-state index in [4.69, 9.17) is 0 Å². The average Bonchev–Trinajstić information content (AvgIpc) is 3.37. The van der Waals surface area contributed by atoms with Crippen LogP contribution in [0.3, 0.4) is 0 Å². The third kappa shape index (κ3) is 5.34. The van der Waals surface area contributed by atoms with Crippen molar-refractivity contribution in [2.24, 2.45) is 0 Å². The number of rotatable bonds is 7. The maximum absolute atomic E-state index is 12.9. The van der Waals surface area contributed by atoms with Crippen molar-refractivity contribution in [1.82, 2.24) is 20.1 Å². The number of aliphatic hydroxyl groups excluding tert-OH is 1. The van der Waals surface area contributed by atoms with E-state index in [1.165, 1.54) is 24.1 Å². The number of urea groups is 1. The Kier molecular flexibility index (Phi) is 6.93. The summed E-state index contributed by atoms with van der Waals surface area (Å²) in [5, 5.41) is 15.4. The standard InChI is InChI=1S/C24H24F3N5O6/c1-11-18(7-16-15-6-14(38-24(25,26)27)4-5-17(15)30-21(16)35)29-12(2)20(11)22(36)28-8-13(33)9-32-19(34)10-31(3)23(32)37/h4-7,13,29,33H,8-10H2,1-3H3,(H,28,36)(H,30,35)/b16-7-/t13-/m0/s1. The molecule has 1 atom stereocenters. The van der Waals surface area contributed by atoms with E-state index in [-0.39, 0.29) is 36.3 Å². The Hall–Kier alpha value is -4.33. The molecule has 1 saturated heterocycles. The van der Waals surface area contributed by atoms with Gasteiger partial charge in [-0.25, -0.2) is 4.79 Å². The largest absolute Gasteiger partial charge is 0.573 e. The number of nitrogens with zero attached hydrogens (tertiary/aromatic N) is 2. The molecule has 0 radical (unpaired) electrons. The first kappa shape index (κ1) is 26.7. The molecule has 14 heteroatoms. The first-order valence-corrected chi connectivity index (χ1v) is 11.4. The van der Waals surface area contributed by atoms with Crippen LogP contribution in [-0.2, 0) is 9.59 Å². The summed E-state index contributed by atoms with van der Waals surface area (Å²) in [4.78, 5) is 54.4. The quantitative estimate of drug-likeness (QED) is 0.316. The Morgan fingerprint density at radius 2 is 1.97 bits per heavy atom. The number of aliphatic hydroxyl groups is 1. The van der Waals surface area contributed by atoms with Gasteiger partial charge in [-0.1, -0.05) is 0 Å². The lowest BCUT2D eigenvalue weighted by Gasteiger charge is -2.18. The summed E-state index contributed by atoms with van der Waals surface area (Å²) in [5.74, 6) is -2.03. The number of aromatic nitrogens is 1. The van der Waals surface area contributed by atoms with Gasteiger partial charge in [0.1, 0.15) is 12.3 Å². The molecule has 38 heavy (non-hydrogen) atoms. The minimum Gasteiger partial charge on any atom is -0.406 e. The Morgan fingerprint density at radius 1 is 1.26 bits per heavy atom. The number of carbonyl (C=O) groups is 4. The molecule has 0 unspecified atom stereocenters. The van der Waals surface area contributed by atoms with Crippen molar-refractivity contribution in [3.63, 3.8) is 0 Å². The van der Waals surface area contributed by atoms with E-state index < -0.39 is 42.0 Å². The second-order valence-electron chi connectivity index (χ2n) is 8.94. The first-order valence-electron chi connectivity index (χ1n) is 11.4. The number of H-pyrrole nitrogens is 1. The van der Waals surface area contributed by atoms with E-state index in [9.17, 15) is 37.5 Å². The van der Waals surface area contributed by atoms with Crippen molar-refractivity contribution >= 4 is 41.1 Å². The van der Waals surface area contributed by atoms with Crippen LogP contribution in [0.5, 0.6) is 5.75 Å². The summed E-state index contributed by atoms with van der Waals surface area (Å²) in [7, 11) is 1.46. The Balaban J connectivity index is 1.50. The highest BCUT2D eigenvalue weighted by atomic mass is 19.4. The highest BCUT2D eigenvalue weighted by Gasteiger charge is 2.35. The van der Waals surface area contributed by atoms with Crippen LogP contribution < -0.4 is 15.4 Å². The number of anilines is 1. The second kappa shape index (κ2) is 9.85. The fourth-order valence-corrected chi connectivity index (χ4v) is 4.33. The summed E-state index contributed by atoms with van der Waals surface area (Å²) < 4.78 is 41.9. The van der Waals surface area contributed by atoms with Crippen LogP contribution in [0.4, 0.5) is 23.7 Å². The predicted octanol–water partition coefficient (Wildman–Crippen LogP) is 2.01. The van der Waals surface area contributed by atoms with E-state index in [1.807, 2.05) is 0 Å². The van der Waals surface area contributed by atoms with Crippen LogP contribution in [0.15, 0.2) is 18.2 Å². The van der Waals surface area contributed by atoms with Gasteiger partial charge in [0.15, 0.2) is 0 Å². The molecule has 2 aliphatic heterocycles. The zero-order valence-corrected chi connectivity index (χ0v) is 20.5. The summed E-state index contributed by atoms with van der Waals surface area (Å²) in [5.41, 5.74) is 2.11. The van der Waals surface area contributed by atoms with Gasteiger partial charge in [0.25, 0.3) is 11.8 Å². The van der Waals surface area contributed by atoms with E-state index in [0.717, 1.165) is 17.0 Å². The minimum absolute atomic E-state index is 0.0734. The van der Waals surface area contributed by atoms with Gasteiger partial charge < -0.3 is 30.4 Å². The first-order chi connectivity index (χ1) is 17.7. The van der Waals surface area contributed by atoms with Crippen LogP contribution in [0.25, 0.3) is 11.6 Å². The Labute approximate surface area is 214 Å². The number of alkyl halides is 3. The van der Waals surface area contributed by atoms with Crippen LogP contribution in [0.2, 0.25) is 0 Å². The topological polar surface area (TPSA) is 144 Å². The third-order valence-electron chi connectivity index (χ3n) is 6.12. The number of hydrogen-bond donors (Lipinski definition) is 4. The molecule has 1 fully saturated rings.